The van der Waals surface area contributed by atoms with E-state index in [0.717, 1.165) is 50.6 Å². The third-order valence-corrected chi connectivity index (χ3v) is 5.66. The van der Waals surface area contributed by atoms with E-state index in [-0.39, 0.29) is 19.0 Å². The summed E-state index contributed by atoms with van der Waals surface area (Å²) in [4.78, 5) is 4.77. The van der Waals surface area contributed by atoms with Crippen LogP contribution in [0.5, 0.6) is 11.5 Å². The number of benzene rings is 3. The van der Waals surface area contributed by atoms with Crippen molar-refractivity contribution in [3.8, 4) is 11.5 Å². The van der Waals surface area contributed by atoms with Gasteiger partial charge in [-0.15, -0.1) is 12.4 Å². The van der Waals surface area contributed by atoms with Crippen LogP contribution in [-0.2, 0) is 13.2 Å². The molecule has 0 bridgehead atoms. The van der Waals surface area contributed by atoms with Gasteiger partial charge >= 0.3 is 0 Å². The van der Waals surface area contributed by atoms with Crippen molar-refractivity contribution in [1.29, 1.82) is 0 Å². The highest BCUT2D eigenvalue weighted by atomic mass is 35.5. The van der Waals surface area contributed by atoms with E-state index < -0.39 is 6.10 Å². The number of aliphatic hydroxyl groups excluding tert-OH is 1. The van der Waals surface area contributed by atoms with Gasteiger partial charge in [-0.3, -0.25) is 0 Å². The average Bonchev–Trinajstić information content (AvgIpc) is 3.11. The number of nitrogens with zero attached hydrogens (tertiary/aromatic N) is 2. The molecule has 4 aromatic rings. The molecule has 33 heavy (non-hydrogen) atoms. The first-order valence-electron chi connectivity index (χ1n) is 10.9. The van der Waals surface area contributed by atoms with Crippen molar-refractivity contribution in [2.24, 2.45) is 0 Å². The lowest BCUT2D eigenvalue weighted by atomic mass is 10.1. The fourth-order valence-electron chi connectivity index (χ4n) is 3.92. The van der Waals surface area contributed by atoms with Crippen molar-refractivity contribution in [3.05, 3.63) is 88.7 Å². The maximum Gasteiger partial charge on any atom is 0.148 e. The summed E-state index contributed by atoms with van der Waals surface area (Å²) in [6.45, 7) is 9.02. The lowest BCUT2D eigenvalue weighted by molar-refractivity contribution is 0.0914. The quantitative estimate of drug-likeness (QED) is 0.361. The molecule has 3 aromatic carbocycles. The molecule has 174 valence electrons. The van der Waals surface area contributed by atoms with Crippen LogP contribution in [0.4, 0.5) is 0 Å². The first-order chi connectivity index (χ1) is 15.4. The normalized spacial score (nSPS) is 11.8. The van der Waals surface area contributed by atoms with Crippen LogP contribution in [0.25, 0.3) is 11.0 Å². The van der Waals surface area contributed by atoms with Crippen LogP contribution in [0.3, 0.4) is 0 Å². The van der Waals surface area contributed by atoms with Gasteiger partial charge in [-0.1, -0.05) is 42.5 Å². The number of aryl methyl sites for hydroxylation is 4. The molecule has 6 heteroatoms. The Kier molecular flexibility index (Phi) is 8.01. The molecule has 0 aliphatic heterocycles. The summed E-state index contributed by atoms with van der Waals surface area (Å²) in [6, 6.07) is 20.1. The summed E-state index contributed by atoms with van der Waals surface area (Å²) in [5.74, 6) is 2.46. The fraction of sp³-hybridized carbons (Fsp3) is 0.296. The van der Waals surface area contributed by atoms with E-state index >= 15 is 0 Å². The number of halogens is 1. The zero-order valence-electron chi connectivity index (χ0n) is 19.5. The Morgan fingerprint density at radius 1 is 0.879 bits per heavy atom. The van der Waals surface area contributed by atoms with Crippen molar-refractivity contribution in [2.45, 2.75) is 47.0 Å². The van der Waals surface area contributed by atoms with Gasteiger partial charge in [0.2, 0.25) is 0 Å². The number of para-hydroxylation sites is 3. The second kappa shape index (κ2) is 10.7. The summed E-state index contributed by atoms with van der Waals surface area (Å²) in [7, 11) is 0. The summed E-state index contributed by atoms with van der Waals surface area (Å²) in [5.41, 5.74) is 6.23. The fourth-order valence-corrected chi connectivity index (χ4v) is 3.92. The molecular weight excluding hydrogens is 436 g/mol. The van der Waals surface area contributed by atoms with E-state index in [1.54, 1.807) is 0 Å². The van der Waals surface area contributed by atoms with Crippen molar-refractivity contribution in [1.82, 2.24) is 9.55 Å². The maximum atomic E-state index is 10.8. The number of ether oxygens (including phenoxy) is 2. The van der Waals surface area contributed by atoms with Crippen LogP contribution >= 0.6 is 12.4 Å². The van der Waals surface area contributed by atoms with Gasteiger partial charge in [0.15, 0.2) is 0 Å². The second-order valence-electron chi connectivity index (χ2n) is 8.37. The Morgan fingerprint density at radius 2 is 1.61 bits per heavy atom. The molecule has 1 aromatic heterocycles. The molecule has 0 saturated heterocycles. The van der Waals surface area contributed by atoms with E-state index in [1.165, 1.54) is 0 Å². The highest BCUT2D eigenvalue weighted by Crippen LogP contribution is 2.25. The van der Waals surface area contributed by atoms with E-state index in [2.05, 4.69) is 6.07 Å². The van der Waals surface area contributed by atoms with Crippen LogP contribution in [0.2, 0.25) is 0 Å². The highest BCUT2D eigenvalue weighted by molar-refractivity contribution is 5.85. The summed E-state index contributed by atoms with van der Waals surface area (Å²) in [6.07, 6.45) is -0.688. The highest BCUT2D eigenvalue weighted by Gasteiger charge is 2.16. The lowest BCUT2D eigenvalue weighted by Gasteiger charge is -2.17. The minimum absolute atomic E-state index is 0. The molecule has 1 N–H and O–H groups in total. The molecule has 0 amide bonds. The molecule has 5 nitrogen and oxygen atoms in total. The third-order valence-electron chi connectivity index (χ3n) is 5.66. The zero-order valence-corrected chi connectivity index (χ0v) is 20.4. The largest absolute Gasteiger partial charge is 0.491 e. The Morgan fingerprint density at radius 3 is 2.36 bits per heavy atom. The minimum atomic E-state index is -0.688. The Balaban J connectivity index is 0.00000306. The number of hydrogen-bond acceptors (Lipinski definition) is 4. The molecule has 0 fully saturated rings. The summed E-state index contributed by atoms with van der Waals surface area (Å²) in [5, 5.41) is 10.8. The van der Waals surface area contributed by atoms with E-state index in [0.29, 0.717) is 13.2 Å². The van der Waals surface area contributed by atoms with Gasteiger partial charge in [0.1, 0.15) is 36.6 Å². The van der Waals surface area contributed by atoms with Crippen molar-refractivity contribution < 1.29 is 14.6 Å². The smallest absolute Gasteiger partial charge is 0.148 e. The molecule has 0 radical (unpaired) electrons. The Labute approximate surface area is 201 Å². The van der Waals surface area contributed by atoms with Crippen molar-refractivity contribution in [3.63, 3.8) is 0 Å². The lowest BCUT2D eigenvalue weighted by Crippen LogP contribution is -2.25. The van der Waals surface area contributed by atoms with Crippen LogP contribution in [-0.4, -0.2) is 27.4 Å². The number of rotatable bonds is 8. The number of hydrogen-bond donors (Lipinski definition) is 1. The zero-order chi connectivity index (χ0) is 22.7. The number of aliphatic hydroxyl groups is 1. The monoisotopic (exact) mass is 466 g/mol. The predicted molar refractivity (Wildman–Crippen MR) is 135 cm³/mol. The average molecular weight is 467 g/mol. The SMILES string of the molecule is Cc1ccc(C)c(OCC(O)Cn2c(COc3c(C)cccc3C)nc3ccccc32)c1.Cl. The van der Waals surface area contributed by atoms with Gasteiger partial charge in [0.05, 0.1) is 17.6 Å². The van der Waals surface area contributed by atoms with E-state index in [9.17, 15) is 5.11 Å². The number of imidazole rings is 1. The number of aromatic nitrogens is 2. The van der Waals surface area contributed by atoms with E-state index in [4.69, 9.17) is 14.5 Å². The standard InChI is InChI=1S/C27H30N2O3.ClH/c1-18-12-13-19(2)25(14-18)31-16-22(30)15-29-24-11-6-5-10-23(24)28-26(29)17-32-27-20(3)8-7-9-21(27)4;/h5-14,22,30H,15-17H2,1-4H3;1H. The van der Waals surface area contributed by atoms with Gasteiger partial charge in [0.25, 0.3) is 0 Å². The molecule has 4 rings (SSSR count). The van der Waals surface area contributed by atoms with Crippen molar-refractivity contribution >= 4 is 23.4 Å². The van der Waals surface area contributed by atoms with Gasteiger partial charge < -0.3 is 19.1 Å². The van der Waals surface area contributed by atoms with Gasteiger partial charge in [0, 0.05) is 0 Å². The molecule has 1 heterocycles. The van der Waals surface area contributed by atoms with Crippen LogP contribution < -0.4 is 9.47 Å². The Bertz CT molecular complexity index is 1220. The van der Waals surface area contributed by atoms with Gasteiger partial charge in [-0.05, 0) is 68.1 Å². The van der Waals surface area contributed by atoms with Crippen LogP contribution in [0.1, 0.15) is 28.1 Å². The first kappa shape index (κ1) is 24.6. The topological polar surface area (TPSA) is 56.5 Å². The summed E-state index contributed by atoms with van der Waals surface area (Å²) < 4.78 is 14.1. The van der Waals surface area contributed by atoms with Crippen LogP contribution in [0.15, 0.2) is 60.7 Å². The molecular formula is C27H31ClN2O3. The Hall–Kier alpha value is -3.02. The predicted octanol–water partition coefficient (Wildman–Crippen LogP) is 5.71. The molecule has 0 aliphatic rings. The van der Waals surface area contributed by atoms with Crippen LogP contribution in [0, 0.1) is 27.7 Å². The molecule has 1 atom stereocenters. The number of fused-ring (bicyclic) bond motifs is 1. The van der Waals surface area contributed by atoms with Gasteiger partial charge in [-0.2, -0.15) is 0 Å². The van der Waals surface area contributed by atoms with Gasteiger partial charge in [-0.25, -0.2) is 4.98 Å². The molecule has 1 unspecified atom stereocenters. The van der Waals surface area contributed by atoms with Crippen molar-refractivity contribution in [2.75, 3.05) is 6.61 Å². The molecule has 0 saturated carbocycles. The second-order valence-corrected chi connectivity index (χ2v) is 8.37. The molecule has 0 aliphatic carbocycles. The van der Waals surface area contributed by atoms with E-state index in [1.807, 2.05) is 86.9 Å². The molecule has 0 spiro atoms. The summed E-state index contributed by atoms with van der Waals surface area (Å²) >= 11 is 0. The maximum absolute atomic E-state index is 10.8. The minimum Gasteiger partial charge on any atom is -0.491 e. The first-order valence-corrected chi connectivity index (χ1v) is 10.9. The third kappa shape index (κ3) is 5.67.